The van der Waals surface area contributed by atoms with Gasteiger partial charge in [-0.1, -0.05) is 25.4 Å². The normalized spacial score (nSPS) is 16.6. The molecule has 0 spiro atoms. The van der Waals surface area contributed by atoms with Gasteiger partial charge >= 0.3 is 0 Å². The molecular weight excluding hydrogens is 408 g/mol. The Hall–Kier alpha value is -2.45. The van der Waals surface area contributed by atoms with Crippen LogP contribution in [0.25, 0.3) is 10.4 Å². The van der Waals surface area contributed by atoms with Crippen LogP contribution in [0.15, 0.2) is 36.7 Å². The maximum absolute atomic E-state index is 12.7. The van der Waals surface area contributed by atoms with E-state index in [1.54, 1.807) is 6.07 Å². The third-order valence-corrected chi connectivity index (χ3v) is 6.10. The summed E-state index contributed by atoms with van der Waals surface area (Å²) in [5.41, 5.74) is 1.04. The maximum Gasteiger partial charge on any atom is 0.261 e. The zero-order valence-corrected chi connectivity index (χ0v) is 18.0. The molecule has 1 N–H and O–H groups in total. The van der Waals surface area contributed by atoms with Crippen LogP contribution in [-0.2, 0) is 6.54 Å². The molecule has 3 aromatic heterocycles. The van der Waals surface area contributed by atoms with Crippen LogP contribution in [0.3, 0.4) is 0 Å². The number of amides is 1. The quantitative estimate of drug-likeness (QED) is 0.645. The van der Waals surface area contributed by atoms with E-state index in [9.17, 15) is 4.79 Å². The summed E-state index contributed by atoms with van der Waals surface area (Å²) < 4.78 is 1.95. The number of aromatic nitrogens is 4. The Bertz CT molecular complexity index is 983. The highest BCUT2D eigenvalue weighted by molar-refractivity contribution is 7.17. The first-order chi connectivity index (χ1) is 14.0. The summed E-state index contributed by atoms with van der Waals surface area (Å²) in [6, 6.07) is 7.53. The number of anilines is 1. The number of rotatable bonds is 6. The van der Waals surface area contributed by atoms with Gasteiger partial charge < -0.3 is 10.2 Å². The summed E-state index contributed by atoms with van der Waals surface area (Å²) in [5, 5.41) is 15.9. The Kier molecular flexibility index (Phi) is 5.82. The lowest BCUT2D eigenvalue weighted by Crippen LogP contribution is -2.36. The van der Waals surface area contributed by atoms with E-state index in [0.29, 0.717) is 22.5 Å². The van der Waals surface area contributed by atoms with E-state index in [1.165, 1.54) is 11.3 Å². The minimum Gasteiger partial charge on any atom is -0.353 e. The number of nitrogens with zero attached hydrogens (tertiary/aromatic N) is 5. The van der Waals surface area contributed by atoms with Crippen molar-refractivity contribution in [3.8, 4) is 10.4 Å². The first-order valence-corrected chi connectivity index (χ1v) is 10.8. The van der Waals surface area contributed by atoms with Crippen LogP contribution in [0, 0.1) is 5.92 Å². The summed E-state index contributed by atoms with van der Waals surface area (Å²) in [6.07, 6.45) is 4.77. The second-order valence-electron chi connectivity index (χ2n) is 7.63. The molecule has 29 heavy (non-hydrogen) atoms. The highest BCUT2D eigenvalue weighted by Gasteiger charge is 2.26. The Balaban J connectivity index is 1.36. The molecule has 1 aliphatic heterocycles. The third-order valence-electron chi connectivity index (χ3n) is 4.77. The van der Waals surface area contributed by atoms with Gasteiger partial charge in [-0.25, -0.2) is 0 Å². The molecule has 0 unspecified atom stereocenters. The maximum atomic E-state index is 12.7. The average molecular weight is 431 g/mol. The van der Waals surface area contributed by atoms with Gasteiger partial charge in [0.05, 0.1) is 11.1 Å². The van der Waals surface area contributed by atoms with Gasteiger partial charge in [0.1, 0.15) is 0 Å². The van der Waals surface area contributed by atoms with Crippen molar-refractivity contribution in [3.05, 3.63) is 46.7 Å². The zero-order valence-electron chi connectivity index (χ0n) is 16.4. The van der Waals surface area contributed by atoms with Crippen molar-refractivity contribution in [2.45, 2.75) is 32.9 Å². The third kappa shape index (κ3) is 4.76. The molecule has 0 radical (unpaired) electrons. The molecule has 4 rings (SSSR count). The van der Waals surface area contributed by atoms with E-state index in [2.05, 4.69) is 39.4 Å². The van der Waals surface area contributed by atoms with E-state index in [-0.39, 0.29) is 11.9 Å². The number of hydrogen-bond donors (Lipinski definition) is 1. The van der Waals surface area contributed by atoms with Crippen LogP contribution >= 0.6 is 22.9 Å². The van der Waals surface area contributed by atoms with Gasteiger partial charge in [-0.15, -0.1) is 21.5 Å². The smallest absolute Gasteiger partial charge is 0.261 e. The molecule has 1 amide bonds. The topological polar surface area (TPSA) is 75.9 Å². The van der Waals surface area contributed by atoms with E-state index in [4.69, 9.17) is 11.6 Å². The summed E-state index contributed by atoms with van der Waals surface area (Å²) >= 11 is 7.29. The van der Waals surface area contributed by atoms with Gasteiger partial charge in [0.2, 0.25) is 0 Å². The van der Waals surface area contributed by atoms with Gasteiger partial charge in [0.15, 0.2) is 11.0 Å². The van der Waals surface area contributed by atoms with Crippen molar-refractivity contribution in [3.63, 3.8) is 0 Å². The van der Waals surface area contributed by atoms with Crippen LogP contribution in [0.1, 0.15) is 29.9 Å². The lowest BCUT2D eigenvalue weighted by Gasteiger charge is -2.17. The fraction of sp³-hybridized carbons (Fsp3) is 0.400. The first kappa shape index (κ1) is 19.8. The summed E-state index contributed by atoms with van der Waals surface area (Å²) in [4.78, 5) is 16.6. The molecule has 3 aromatic rings. The lowest BCUT2D eigenvalue weighted by molar-refractivity contribution is 0.0944. The lowest BCUT2D eigenvalue weighted by atomic mass is 10.2. The van der Waals surface area contributed by atoms with E-state index >= 15 is 0 Å². The summed E-state index contributed by atoms with van der Waals surface area (Å²) in [7, 11) is 0. The molecule has 1 fully saturated rings. The number of halogens is 1. The molecule has 152 valence electrons. The second kappa shape index (κ2) is 8.51. The number of nitrogens with one attached hydrogen (secondary N) is 1. The largest absolute Gasteiger partial charge is 0.353 e. The molecule has 9 heteroatoms. The molecule has 0 bridgehead atoms. The van der Waals surface area contributed by atoms with Crippen molar-refractivity contribution in [2.75, 3.05) is 18.0 Å². The fourth-order valence-corrected chi connectivity index (χ4v) is 4.38. The van der Waals surface area contributed by atoms with Gasteiger partial charge in [0.25, 0.3) is 5.91 Å². The van der Waals surface area contributed by atoms with Crippen molar-refractivity contribution in [1.82, 2.24) is 25.3 Å². The highest BCUT2D eigenvalue weighted by Crippen LogP contribution is 2.28. The van der Waals surface area contributed by atoms with Crippen molar-refractivity contribution >= 4 is 34.7 Å². The van der Waals surface area contributed by atoms with Gasteiger partial charge in [0, 0.05) is 42.3 Å². The molecule has 4 heterocycles. The minimum atomic E-state index is -0.0372. The molecule has 1 saturated heterocycles. The minimum absolute atomic E-state index is 0.0372. The Labute approximate surface area is 178 Å². The monoisotopic (exact) mass is 430 g/mol. The van der Waals surface area contributed by atoms with Gasteiger partial charge in [-0.2, -0.15) is 5.10 Å². The van der Waals surface area contributed by atoms with Crippen LogP contribution in [0.2, 0.25) is 5.15 Å². The molecular formula is C20H23ClN6OS. The van der Waals surface area contributed by atoms with Crippen LogP contribution < -0.4 is 10.2 Å². The van der Waals surface area contributed by atoms with Crippen molar-refractivity contribution in [1.29, 1.82) is 0 Å². The highest BCUT2D eigenvalue weighted by atomic mass is 35.5. The molecule has 1 atom stereocenters. The molecule has 0 saturated carbocycles. The van der Waals surface area contributed by atoms with Crippen molar-refractivity contribution < 1.29 is 4.79 Å². The molecule has 0 aliphatic carbocycles. The first-order valence-electron chi connectivity index (χ1n) is 9.65. The van der Waals surface area contributed by atoms with E-state index in [0.717, 1.165) is 35.8 Å². The number of thiophene rings is 1. The number of carbonyl (C=O) groups excluding carboxylic acids is 1. The Morgan fingerprint density at radius 3 is 2.93 bits per heavy atom. The molecule has 1 aliphatic rings. The predicted molar refractivity (Wildman–Crippen MR) is 116 cm³/mol. The van der Waals surface area contributed by atoms with E-state index < -0.39 is 0 Å². The summed E-state index contributed by atoms with van der Waals surface area (Å²) in [5.74, 6) is 1.28. The zero-order chi connectivity index (χ0) is 20.4. The Morgan fingerprint density at radius 2 is 2.17 bits per heavy atom. The van der Waals surface area contributed by atoms with Crippen LogP contribution in [0.4, 0.5) is 5.82 Å². The van der Waals surface area contributed by atoms with Crippen LogP contribution in [-0.4, -0.2) is 45.0 Å². The Morgan fingerprint density at radius 1 is 1.31 bits per heavy atom. The second-order valence-corrected chi connectivity index (χ2v) is 9.10. The van der Waals surface area contributed by atoms with Crippen molar-refractivity contribution in [2.24, 2.45) is 5.92 Å². The average Bonchev–Trinajstić information content (AvgIpc) is 3.42. The summed E-state index contributed by atoms with van der Waals surface area (Å²) in [6.45, 7) is 6.75. The number of hydrogen-bond acceptors (Lipinski definition) is 6. The standard InChI is InChI=1S/C20H23ClN6OS/c1-13(2)10-27-11-14(9-22-27)16-3-4-17(29-16)20(28)23-15-7-8-26(12-15)19-6-5-18(21)24-25-19/h3-6,9,11,13,15H,7-8,10,12H2,1-2H3,(H,23,28)/t15-/m1/s1. The van der Waals surface area contributed by atoms with Gasteiger partial charge in [-0.05, 0) is 36.6 Å². The SMILES string of the molecule is CC(C)Cn1cc(-c2ccc(C(=O)N[C@@H]3CCN(c4ccc(Cl)nn4)C3)s2)cn1. The predicted octanol–water partition coefficient (Wildman–Crippen LogP) is 3.72. The number of carbonyl (C=O) groups is 1. The fourth-order valence-electron chi connectivity index (χ4n) is 3.40. The molecule has 0 aromatic carbocycles. The van der Waals surface area contributed by atoms with Gasteiger partial charge in [-0.3, -0.25) is 9.48 Å². The van der Waals surface area contributed by atoms with E-state index in [1.807, 2.05) is 35.3 Å². The molecule has 7 nitrogen and oxygen atoms in total. The van der Waals surface area contributed by atoms with Crippen LogP contribution in [0.5, 0.6) is 0 Å².